The van der Waals surface area contributed by atoms with Gasteiger partial charge in [-0.15, -0.1) is 0 Å². The summed E-state index contributed by atoms with van der Waals surface area (Å²) in [5, 5.41) is 8.98. The molecule has 3 aliphatic rings. The topological polar surface area (TPSA) is 69.5 Å². The number of anilines is 1. The molecule has 2 aromatic rings. The van der Waals surface area contributed by atoms with Gasteiger partial charge in [-0.2, -0.15) is 5.26 Å². The Labute approximate surface area is 185 Å². The number of nitrogens with zero attached hydrogens (tertiary/aromatic N) is 4. The second-order valence-corrected chi connectivity index (χ2v) is 8.87. The highest BCUT2D eigenvalue weighted by atomic mass is 19.2. The maximum Gasteiger partial charge on any atom is 0.248 e. The summed E-state index contributed by atoms with van der Waals surface area (Å²) in [6, 6.07) is 9.93. The van der Waals surface area contributed by atoms with E-state index in [1.807, 2.05) is 11.0 Å². The van der Waals surface area contributed by atoms with Gasteiger partial charge in [0.05, 0.1) is 11.2 Å². The summed E-state index contributed by atoms with van der Waals surface area (Å²) in [6.07, 6.45) is 5.85. The molecule has 1 aliphatic carbocycles. The van der Waals surface area contributed by atoms with Gasteiger partial charge in [0.25, 0.3) is 0 Å². The van der Waals surface area contributed by atoms with Crippen LogP contribution >= 0.6 is 0 Å². The van der Waals surface area contributed by atoms with Gasteiger partial charge in [-0.05, 0) is 61.9 Å². The number of hydrogen-bond donors (Lipinski definition) is 0. The fourth-order valence-electron chi connectivity index (χ4n) is 5.17. The summed E-state index contributed by atoms with van der Waals surface area (Å²) in [5.74, 6) is -1.02. The summed E-state index contributed by atoms with van der Waals surface area (Å²) in [4.78, 5) is 21.5. The van der Waals surface area contributed by atoms with E-state index in [0.717, 1.165) is 31.1 Å². The molecular weight excluding hydrogens is 414 g/mol. The Balaban J connectivity index is 1.23. The van der Waals surface area contributed by atoms with E-state index in [1.54, 1.807) is 18.3 Å². The number of carbonyl (C=O) groups is 1. The Bertz CT molecular complexity index is 1050. The zero-order valence-corrected chi connectivity index (χ0v) is 17.6. The highest BCUT2D eigenvalue weighted by Gasteiger charge is 2.44. The number of likely N-dealkylation sites (tertiary alicyclic amines) is 1. The summed E-state index contributed by atoms with van der Waals surface area (Å²) in [6.45, 7) is 1.12. The first-order chi connectivity index (χ1) is 15.5. The maximum atomic E-state index is 13.7. The van der Waals surface area contributed by atoms with Crippen molar-refractivity contribution < 1.29 is 18.3 Å². The van der Waals surface area contributed by atoms with Crippen molar-refractivity contribution in [1.29, 1.82) is 5.26 Å². The molecule has 0 spiro atoms. The van der Waals surface area contributed by atoms with Crippen LogP contribution < -0.4 is 4.90 Å². The summed E-state index contributed by atoms with van der Waals surface area (Å²) in [7, 11) is 0. The van der Waals surface area contributed by atoms with Gasteiger partial charge in [-0.3, -0.25) is 4.79 Å². The number of amides is 1. The Kier molecular flexibility index (Phi) is 5.30. The number of carbonyl (C=O) groups excluding carboxylic acids is 1. The predicted octanol–water partition coefficient (Wildman–Crippen LogP) is 3.51. The van der Waals surface area contributed by atoms with Crippen LogP contribution in [0.3, 0.4) is 0 Å². The van der Waals surface area contributed by atoms with Crippen LogP contribution in [0.25, 0.3) is 0 Å². The van der Waals surface area contributed by atoms with Gasteiger partial charge in [-0.25, -0.2) is 13.8 Å². The van der Waals surface area contributed by atoms with E-state index in [9.17, 15) is 13.6 Å². The van der Waals surface area contributed by atoms with Crippen molar-refractivity contribution in [2.75, 3.05) is 24.6 Å². The van der Waals surface area contributed by atoms with Crippen molar-refractivity contribution in [3.8, 4) is 6.07 Å². The molecule has 2 saturated heterocycles. The van der Waals surface area contributed by atoms with Gasteiger partial charge >= 0.3 is 0 Å². The highest BCUT2D eigenvalue weighted by molar-refractivity contribution is 5.78. The number of hydrogen-bond acceptors (Lipinski definition) is 5. The summed E-state index contributed by atoms with van der Waals surface area (Å²) >= 11 is 0. The first kappa shape index (κ1) is 20.8. The lowest BCUT2D eigenvalue weighted by Crippen LogP contribution is -2.56. The third-order valence-electron chi connectivity index (χ3n) is 7.06. The van der Waals surface area contributed by atoms with Crippen molar-refractivity contribution >= 4 is 11.7 Å². The lowest BCUT2D eigenvalue weighted by Gasteiger charge is -2.44. The second kappa shape index (κ2) is 8.14. The first-order valence-corrected chi connectivity index (χ1v) is 11.0. The standard InChI is InChI=1S/C24H24F2N4O2/c25-20-6-3-17(10-21(20)26)24(8-1-9-24)32-15-23(31)29-13-18-4-5-19(14-29)30(18)22-7-2-16(11-27)12-28-22/h2-3,6-7,10,12,18-19H,1,4-5,8-9,13-15H2. The Morgan fingerprint density at radius 2 is 1.91 bits per heavy atom. The number of rotatable bonds is 5. The molecule has 2 aliphatic heterocycles. The number of benzene rings is 1. The molecule has 3 fully saturated rings. The third-order valence-corrected chi connectivity index (χ3v) is 7.06. The van der Waals surface area contributed by atoms with Crippen molar-refractivity contribution in [3.63, 3.8) is 0 Å². The number of nitriles is 1. The van der Waals surface area contributed by atoms with Crippen LogP contribution in [-0.4, -0.2) is 47.6 Å². The molecular formula is C24H24F2N4O2. The van der Waals surface area contributed by atoms with E-state index in [0.29, 0.717) is 37.1 Å². The number of pyridine rings is 1. The van der Waals surface area contributed by atoms with E-state index in [4.69, 9.17) is 10.00 Å². The number of aromatic nitrogens is 1. The molecule has 1 saturated carbocycles. The SMILES string of the molecule is N#Cc1ccc(N2C3CCC2CN(C(=O)COC2(c4ccc(F)c(F)c4)CCC2)C3)nc1. The number of fused-ring (bicyclic) bond motifs is 2. The molecule has 32 heavy (non-hydrogen) atoms. The fourth-order valence-corrected chi connectivity index (χ4v) is 5.17. The minimum absolute atomic E-state index is 0.0758. The molecule has 6 nitrogen and oxygen atoms in total. The molecule has 0 radical (unpaired) electrons. The highest BCUT2D eigenvalue weighted by Crippen LogP contribution is 2.45. The molecule has 5 rings (SSSR count). The zero-order valence-electron chi connectivity index (χ0n) is 17.6. The molecule has 1 aromatic heterocycles. The van der Waals surface area contributed by atoms with E-state index in [1.165, 1.54) is 6.07 Å². The zero-order chi connectivity index (χ0) is 22.3. The molecule has 1 aromatic carbocycles. The van der Waals surface area contributed by atoms with Crippen LogP contribution in [0.15, 0.2) is 36.5 Å². The van der Waals surface area contributed by atoms with Crippen LogP contribution in [0.2, 0.25) is 0 Å². The Morgan fingerprint density at radius 3 is 2.47 bits per heavy atom. The molecule has 3 heterocycles. The van der Waals surface area contributed by atoms with Crippen molar-refractivity contribution in [3.05, 3.63) is 59.3 Å². The Hall–Kier alpha value is -3.05. The van der Waals surface area contributed by atoms with Gasteiger partial charge in [0.2, 0.25) is 5.91 Å². The van der Waals surface area contributed by atoms with E-state index >= 15 is 0 Å². The second-order valence-electron chi connectivity index (χ2n) is 8.87. The van der Waals surface area contributed by atoms with Crippen LogP contribution in [-0.2, 0) is 15.1 Å². The van der Waals surface area contributed by atoms with E-state index in [-0.39, 0.29) is 24.6 Å². The minimum atomic E-state index is -0.896. The summed E-state index contributed by atoms with van der Waals surface area (Å²) in [5.41, 5.74) is 0.405. The minimum Gasteiger partial charge on any atom is -0.360 e. The monoisotopic (exact) mass is 438 g/mol. The number of ether oxygens (including phenoxy) is 1. The number of piperazine rings is 1. The molecule has 166 valence electrons. The Morgan fingerprint density at radius 1 is 1.16 bits per heavy atom. The van der Waals surface area contributed by atoms with Crippen LogP contribution in [0.4, 0.5) is 14.6 Å². The normalized spacial score (nSPS) is 23.5. The average Bonchev–Trinajstić information content (AvgIpc) is 3.04. The smallest absolute Gasteiger partial charge is 0.248 e. The largest absolute Gasteiger partial charge is 0.360 e. The number of halogens is 2. The molecule has 8 heteroatoms. The quantitative estimate of drug-likeness (QED) is 0.715. The van der Waals surface area contributed by atoms with Crippen molar-refractivity contribution in [2.24, 2.45) is 0 Å². The predicted molar refractivity (Wildman–Crippen MR) is 113 cm³/mol. The van der Waals surface area contributed by atoms with Crippen LogP contribution in [0, 0.1) is 23.0 Å². The van der Waals surface area contributed by atoms with E-state index < -0.39 is 17.2 Å². The van der Waals surface area contributed by atoms with E-state index in [2.05, 4.69) is 16.0 Å². The lowest BCUT2D eigenvalue weighted by molar-refractivity contribution is -0.154. The van der Waals surface area contributed by atoms with Gasteiger partial charge in [0, 0.05) is 31.4 Å². The summed E-state index contributed by atoms with van der Waals surface area (Å²) < 4.78 is 33.1. The molecule has 2 atom stereocenters. The van der Waals surface area contributed by atoms with Gasteiger partial charge in [0.15, 0.2) is 11.6 Å². The van der Waals surface area contributed by atoms with Gasteiger partial charge in [0.1, 0.15) is 18.5 Å². The van der Waals surface area contributed by atoms with Crippen LogP contribution in [0.5, 0.6) is 0 Å². The van der Waals surface area contributed by atoms with Gasteiger partial charge in [-0.1, -0.05) is 6.07 Å². The first-order valence-electron chi connectivity index (χ1n) is 11.0. The van der Waals surface area contributed by atoms with Crippen molar-refractivity contribution in [2.45, 2.75) is 49.8 Å². The molecule has 0 N–H and O–H groups in total. The maximum absolute atomic E-state index is 13.7. The van der Waals surface area contributed by atoms with Gasteiger partial charge < -0.3 is 14.5 Å². The average molecular weight is 438 g/mol. The molecule has 2 bridgehead atoms. The third kappa shape index (κ3) is 3.61. The molecule has 2 unspecified atom stereocenters. The molecule has 1 amide bonds. The van der Waals surface area contributed by atoms with Crippen LogP contribution in [0.1, 0.15) is 43.2 Å². The fraction of sp³-hybridized carbons (Fsp3) is 0.458. The van der Waals surface area contributed by atoms with Crippen molar-refractivity contribution in [1.82, 2.24) is 9.88 Å². The lowest BCUT2D eigenvalue weighted by atomic mass is 9.75.